The summed E-state index contributed by atoms with van der Waals surface area (Å²) >= 11 is 0. The zero-order valence-electron chi connectivity index (χ0n) is 19.0. The number of sulfonamides is 1. The topological polar surface area (TPSA) is 75.5 Å². The van der Waals surface area contributed by atoms with Crippen LogP contribution in [0.4, 0.5) is 9.18 Å². The number of nitrogens with zero attached hydrogens (tertiary/aromatic N) is 1. The van der Waals surface area contributed by atoms with Crippen molar-refractivity contribution in [1.82, 2.24) is 9.62 Å². The van der Waals surface area contributed by atoms with E-state index in [0.717, 1.165) is 11.1 Å². The Hall–Kier alpha value is -2.45. The average Bonchev–Trinajstić information content (AvgIpc) is 3.48. The van der Waals surface area contributed by atoms with Gasteiger partial charge < -0.3 is 10.1 Å². The Balaban J connectivity index is 1.62. The Bertz CT molecular complexity index is 1030. The zero-order chi connectivity index (χ0) is 23.5. The summed E-state index contributed by atoms with van der Waals surface area (Å²) in [6.45, 7) is 8.09. The van der Waals surface area contributed by atoms with E-state index in [1.807, 2.05) is 6.92 Å². The predicted octanol–water partition coefficient (Wildman–Crippen LogP) is 4.60. The van der Waals surface area contributed by atoms with Gasteiger partial charge in [-0.3, -0.25) is 0 Å². The van der Waals surface area contributed by atoms with E-state index in [4.69, 9.17) is 4.74 Å². The van der Waals surface area contributed by atoms with Crippen LogP contribution in [0.5, 0.6) is 0 Å². The molecule has 0 radical (unpaired) electrons. The van der Waals surface area contributed by atoms with Crippen molar-refractivity contribution >= 4 is 16.1 Å². The molecule has 8 heteroatoms. The van der Waals surface area contributed by atoms with Crippen LogP contribution in [0.25, 0.3) is 0 Å². The third kappa shape index (κ3) is 6.53. The molecule has 0 aliphatic carbocycles. The molecular weight excluding hydrogens is 431 g/mol. The van der Waals surface area contributed by atoms with Gasteiger partial charge in [-0.1, -0.05) is 29.8 Å². The first-order chi connectivity index (χ1) is 15.0. The summed E-state index contributed by atoms with van der Waals surface area (Å²) in [6, 6.07) is 12.9. The normalized spacial score (nSPS) is 19.3. The van der Waals surface area contributed by atoms with Crippen molar-refractivity contribution in [2.24, 2.45) is 0 Å². The molecule has 3 atom stereocenters. The molecule has 3 unspecified atom stereocenters. The lowest BCUT2D eigenvalue weighted by atomic mass is 9.93. The first kappa shape index (κ1) is 24.2. The molecule has 1 aliphatic heterocycles. The van der Waals surface area contributed by atoms with Crippen LogP contribution in [0.2, 0.25) is 0 Å². The molecule has 1 saturated heterocycles. The van der Waals surface area contributed by atoms with Gasteiger partial charge in [0.15, 0.2) is 0 Å². The molecule has 1 amide bonds. The standard InChI is InChI=1S/C24H31FN2O4S/c1-17-5-13-22(14-6-17)32(29,30)27-16-21(27)12-9-19(18-7-10-20(25)11-8-18)15-26-23(28)31-24(2,3)4/h5-8,10-11,13-14,19,21H,9,12,15-16H2,1-4H3,(H,26,28). The number of hydrogen-bond acceptors (Lipinski definition) is 4. The van der Waals surface area contributed by atoms with Gasteiger partial charge in [-0.25, -0.2) is 17.6 Å². The summed E-state index contributed by atoms with van der Waals surface area (Å²) in [5, 5.41) is 2.78. The number of benzene rings is 2. The molecule has 174 valence electrons. The van der Waals surface area contributed by atoms with Crippen molar-refractivity contribution in [2.75, 3.05) is 13.1 Å². The van der Waals surface area contributed by atoms with Gasteiger partial charge in [0.25, 0.3) is 0 Å². The molecule has 3 rings (SSSR count). The lowest BCUT2D eigenvalue weighted by Gasteiger charge is -2.22. The average molecular weight is 463 g/mol. The van der Waals surface area contributed by atoms with E-state index in [-0.39, 0.29) is 17.8 Å². The third-order valence-corrected chi connectivity index (χ3v) is 7.31. The predicted molar refractivity (Wildman–Crippen MR) is 121 cm³/mol. The highest BCUT2D eigenvalue weighted by atomic mass is 32.2. The van der Waals surface area contributed by atoms with Crippen LogP contribution >= 0.6 is 0 Å². The van der Waals surface area contributed by atoms with Crippen molar-refractivity contribution in [3.05, 3.63) is 65.5 Å². The maximum Gasteiger partial charge on any atom is 0.407 e. The van der Waals surface area contributed by atoms with Gasteiger partial charge >= 0.3 is 6.09 Å². The van der Waals surface area contributed by atoms with Crippen LogP contribution in [0, 0.1) is 12.7 Å². The third-order valence-electron chi connectivity index (χ3n) is 5.37. The van der Waals surface area contributed by atoms with Crippen molar-refractivity contribution in [1.29, 1.82) is 0 Å². The minimum Gasteiger partial charge on any atom is -0.444 e. The molecule has 0 bridgehead atoms. The quantitative estimate of drug-likeness (QED) is 0.582. The van der Waals surface area contributed by atoms with Crippen molar-refractivity contribution in [2.45, 2.75) is 63.0 Å². The fourth-order valence-corrected chi connectivity index (χ4v) is 5.19. The van der Waals surface area contributed by atoms with Crippen molar-refractivity contribution in [3.8, 4) is 0 Å². The Kier molecular flexibility index (Phi) is 7.25. The lowest BCUT2D eigenvalue weighted by Crippen LogP contribution is -2.35. The number of nitrogens with one attached hydrogen (secondary N) is 1. The second-order valence-electron chi connectivity index (χ2n) is 9.25. The molecule has 0 spiro atoms. The molecule has 2 aromatic carbocycles. The fourth-order valence-electron chi connectivity index (χ4n) is 3.57. The molecule has 1 fully saturated rings. The maximum absolute atomic E-state index is 13.4. The summed E-state index contributed by atoms with van der Waals surface area (Å²) in [5.41, 5.74) is 1.29. The highest BCUT2D eigenvalue weighted by molar-refractivity contribution is 7.89. The van der Waals surface area contributed by atoms with Gasteiger partial charge in [0.1, 0.15) is 11.4 Å². The molecule has 0 aromatic heterocycles. The lowest BCUT2D eigenvalue weighted by molar-refractivity contribution is 0.0524. The van der Waals surface area contributed by atoms with Gasteiger partial charge in [-0.15, -0.1) is 0 Å². The molecule has 6 nitrogen and oxygen atoms in total. The van der Waals surface area contributed by atoms with Gasteiger partial charge in [0.2, 0.25) is 10.0 Å². The number of hydrogen-bond donors (Lipinski definition) is 1. The van der Waals surface area contributed by atoms with E-state index in [0.29, 0.717) is 30.8 Å². The number of alkyl carbamates (subject to hydrolysis) is 1. The Morgan fingerprint density at radius 1 is 1.16 bits per heavy atom. The summed E-state index contributed by atoms with van der Waals surface area (Å²) < 4.78 is 45.8. The fraction of sp³-hybridized carbons (Fsp3) is 0.458. The second-order valence-corrected chi connectivity index (χ2v) is 11.1. The first-order valence-corrected chi connectivity index (χ1v) is 12.2. The molecule has 1 N–H and O–H groups in total. The maximum atomic E-state index is 13.4. The molecule has 2 aromatic rings. The number of ether oxygens (including phenoxy) is 1. The second kappa shape index (κ2) is 9.58. The minimum absolute atomic E-state index is 0.0780. The number of rotatable bonds is 8. The minimum atomic E-state index is -3.50. The summed E-state index contributed by atoms with van der Waals surface area (Å²) in [6.07, 6.45) is 0.773. The van der Waals surface area contributed by atoms with Gasteiger partial charge in [-0.2, -0.15) is 4.31 Å². The molecule has 1 heterocycles. The monoisotopic (exact) mass is 462 g/mol. The molecular formula is C24H31FN2O4S. The summed E-state index contributed by atoms with van der Waals surface area (Å²) in [7, 11) is -3.50. The first-order valence-electron chi connectivity index (χ1n) is 10.8. The largest absolute Gasteiger partial charge is 0.444 e. The number of carbonyl (C=O) groups is 1. The zero-order valence-corrected chi connectivity index (χ0v) is 19.8. The van der Waals surface area contributed by atoms with Gasteiger partial charge in [0.05, 0.1) is 4.90 Å². The molecule has 1 aliphatic rings. The van der Waals surface area contributed by atoms with Crippen molar-refractivity contribution < 1.29 is 22.3 Å². The Labute approximate surface area is 189 Å². The summed E-state index contributed by atoms with van der Waals surface area (Å²) in [4.78, 5) is 12.4. The number of amides is 1. The van der Waals surface area contributed by atoms with Crippen LogP contribution in [-0.4, -0.2) is 43.5 Å². The highest BCUT2D eigenvalue weighted by Gasteiger charge is 2.44. The van der Waals surface area contributed by atoms with E-state index in [2.05, 4.69) is 5.32 Å². The summed E-state index contributed by atoms with van der Waals surface area (Å²) in [5.74, 6) is -0.419. The highest BCUT2D eigenvalue weighted by Crippen LogP contribution is 2.33. The van der Waals surface area contributed by atoms with Crippen LogP contribution in [0.3, 0.4) is 0 Å². The SMILES string of the molecule is Cc1ccc(S(=O)(=O)N2CC2CCC(CNC(=O)OC(C)(C)C)c2ccc(F)cc2)cc1. The van der Waals surface area contributed by atoms with E-state index < -0.39 is 21.7 Å². The van der Waals surface area contributed by atoms with Crippen LogP contribution < -0.4 is 5.32 Å². The molecule has 0 saturated carbocycles. The van der Waals surface area contributed by atoms with Crippen LogP contribution in [-0.2, 0) is 14.8 Å². The number of halogens is 1. The van der Waals surface area contributed by atoms with E-state index in [1.54, 1.807) is 57.2 Å². The van der Waals surface area contributed by atoms with Crippen LogP contribution in [0.15, 0.2) is 53.4 Å². The van der Waals surface area contributed by atoms with E-state index >= 15 is 0 Å². The van der Waals surface area contributed by atoms with E-state index in [1.165, 1.54) is 16.4 Å². The number of carbonyl (C=O) groups excluding carboxylic acids is 1. The van der Waals surface area contributed by atoms with Gasteiger partial charge in [-0.05, 0) is 70.4 Å². The van der Waals surface area contributed by atoms with Crippen LogP contribution in [0.1, 0.15) is 50.7 Å². The number of aryl methyl sites for hydroxylation is 1. The Morgan fingerprint density at radius 3 is 2.38 bits per heavy atom. The van der Waals surface area contributed by atoms with E-state index in [9.17, 15) is 17.6 Å². The Morgan fingerprint density at radius 2 is 1.78 bits per heavy atom. The smallest absolute Gasteiger partial charge is 0.407 e. The molecule has 32 heavy (non-hydrogen) atoms. The van der Waals surface area contributed by atoms with Gasteiger partial charge in [0, 0.05) is 25.0 Å². The van der Waals surface area contributed by atoms with Crippen molar-refractivity contribution in [3.63, 3.8) is 0 Å².